The zero-order valence-corrected chi connectivity index (χ0v) is 15.8. The molecule has 5 nitrogen and oxygen atoms in total. The molecule has 1 aromatic carbocycles. The molecule has 6 heteroatoms. The Morgan fingerprint density at radius 3 is 2.76 bits per heavy atom. The van der Waals surface area contributed by atoms with Gasteiger partial charge >= 0.3 is 0 Å². The van der Waals surface area contributed by atoms with Crippen LogP contribution in [-0.2, 0) is 0 Å². The fraction of sp³-hybridized carbons (Fsp3) is 0.526. The van der Waals surface area contributed by atoms with E-state index in [9.17, 15) is 4.79 Å². The SMILES string of the molecule is CN(C)C(=O)c1ccc(NC2=CCCN(C3CCNCC3)C2)cc1Cl. The first-order chi connectivity index (χ1) is 12.0. The highest BCUT2D eigenvalue weighted by Crippen LogP contribution is 2.25. The molecule has 0 spiro atoms. The Labute approximate surface area is 155 Å². The lowest BCUT2D eigenvalue weighted by molar-refractivity contribution is 0.0828. The predicted octanol–water partition coefficient (Wildman–Crippen LogP) is 2.80. The molecule has 0 saturated carbocycles. The normalized spacial score (nSPS) is 19.4. The van der Waals surface area contributed by atoms with Gasteiger partial charge in [-0.05, 0) is 50.6 Å². The quantitative estimate of drug-likeness (QED) is 0.864. The molecule has 0 aliphatic carbocycles. The molecule has 2 aliphatic heterocycles. The molecule has 0 bridgehead atoms. The summed E-state index contributed by atoms with van der Waals surface area (Å²) in [6, 6.07) is 6.23. The van der Waals surface area contributed by atoms with Gasteiger partial charge in [-0.1, -0.05) is 17.7 Å². The van der Waals surface area contributed by atoms with Gasteiger partial charge in [-0.25, -0.2) is 0 Å². The molecule has 1 amide bonds. The third-order valence-corrected chi connectivity index (χ3v) is 5.23. The number of halogens is 1. The summed E-state index contributed by atoms with van der Waals surface area (Å²) in [6.45, 7) is 4.31. The Balaban J connectivity index is 1.64. The Hall–Kier alpha value is -1.56. The zero-order valence-electron chi connectivity index (χ0n) is 15.0. The fourth-order valence-electron chi connectivity index (χ4n) is 3.53. The Kier molecular flexibility index (Phi) is 5.99. The van der Waals surface area contributed by atoms with Crippen molar-refractivity contribution in [3.05, 3.63) is 40.6 Å². The van der Waals surface area contributed by atoms with Crippen LogP contribution in [0.1, 0.15) is 29.6 Å². The summed E-state index contributed by atoms with van der Waals surface area (Å²) in [5, 5.41) is 7.39. The summed E-state index contributed by atoms with van der Waals surface area (Å²) in [5.41, 5.74) is 2.68. The number of hydrogen-bond donors (Lipinski definition) is 2. The van der Waals surface area contributed by atoms with Crippen LogP contribution in [-0.4, -0.2) is 62.0 Å². The number of rotatable bonds is 4. The number of hydrogen-bond acceptors (Lipinski definition) is 4. The Morgan fingerprint density at radius 2 is 2.08 bits per heavy atom. The third-order valence-electron chi connectivity index (χ3n) is 4.92. The highest BCUT2D eigenvalue weighted by molar-refractivity contribution is 6.34. The molecule has 2 aliphatic rings. The molecule has 1 fully saturated rings. The molecule has 0 radical (unpaired) electrons. The maximum Gasteiger partial charge on any atom is 0.254 e. The van der Waals surface area contributed by atoms with Crippen molar-refractivity contribution < 1.29 is 4.79 Å². The largest absolute Gasteiger partial charge is 0.358 e. The van der Waals surface area contributed by atoms with Crippen molar-refractivity contribution in [2.45, 2.75) is 25.3 Å². The van der Waals surface area contributed by atoms with E-state index in [0.717, 1.165) is 38.3 Å². The van der Waals surface area contributed by atoms with Gasteiger partial charge in [0.15, 0.2) is 0 Å². The van der Waals surface area contributed by atoms with E-state index >= 15 is 0 Å². The molecule has 136 valence electrons. The van der Waals surface area contributed by atoms with Gasteiger partial charge in [-0.15, -0.1) is 0 Å². The summed E-state index contributed by atoms with van der Waals surface area (Å²) in [7, 11) is 3.46. The molecule has 25 heavy (non-hydrogen) atoms. The van der Waals surface area contributed by atoms with Gasteiger partial charge in [-0.2, -0.15) is 0 Å². The number of piperidine rings is 1. The van der Waals surface area contributed by atoms with E-state index in [-0.39, 0.29) is 5.91 Å². The zero-order chi connectivity index (χ0) is 17.8. The van der Waals surface area contributed by atoms with Gasteiger partial charge in [0.1, 0.15) is 0 Å². The van der Waals surface area contributed by atoms with Crippen molar-refractivity contribution in [1.82, 2.24) is 15.1 Å². The molecule has 0 unspecified atom stereocenters. The average Bonchev–Trinajstić information content (AvgIpc) is 2.62. The van der Waals surface area contributed by atoms with E-state index in [1.165, 1.54) is 23.4 Å². The third kappa shape index (κ3) is 4.54. The van der Waals surface area contributed by atoms with Gasteiger partial charge in [0, 0.05) is 44.6 Å². The first-order valence-electron chi connectivity index (χ1n) is 8.96. The standard InChI is InChI=1S/C19H27ClN4O/c1-23(2)19(25)17-6-5-14(12-18(17)20)22-15-4-3-11-24(13-15)16-7-9-21-10-8-16/h4-6,12,16,21-22H,3,7-11,13H2,1-2H3. The van der Waals surface area contributed by atoms with Crippen LogP contribution >= 0.6 is 11.6 Å². The van der Waals surface area contributed by atoms with E-state index in [2.05, 4.69) is 21.6 Å². The topological polar surface area (TPSA) is 47.6 Å². The van der Waals surface area contributed by atoms with Crippen molar-refractivity contribution >= 4 is 23.2 Å². The van der Waals surface area contributed by atoms with E-state index < -0.39 is 0 Å². The smallest absolute Gasteiger partial charge is 0.254 e. The second-order valence-corrected chi connectivity index (χ2v) is 7.40. The van der Waals surface area contributed by atoms with Crippen LogP contribution in [0.4, 0.5) is 5.69 Å². The molecular formula is C19H27ClN4O. The Bertz CT molecular complexity index is 653. The van der Waals surface area contributed by atoms with Crippen molar-refractivity contribution in [1.29, 1.82) is 0 Å². The molecule has 0 atom stereocenters. The maximum atomic E-state index is 12.1. The minimum absolute atomic E-state index is 0.0782. The number of nitrogens with one attached hydrogen (secondary N) is 2. The molecule has 0 aromatic heterocycles. The first-order valence-corrected chi connectivity index (χ1v) is 9.34. The van der Waals surface area contributed by atoms with Crippen LogP contribution < -0.4 is 10.6 Å². The molecular weight excluding hydrogens is 336 g/mol. The number of anilines is 1. The number of amides is 1. The lowest BCUT2D eigenvalue weighted by atomic mass is 10.0. The average molecular weight is 363 g/mol. The molecule has 2 N–H and O–H groups in total. The first kappa shape index (κ1) is 18.2. The minimum Gasteiger partial charge on any atom is -0.358 e. The highest BCUT2D eigenvalue weighted by Gasteiger charge is 2.23. The van der Waals surface area contributed by atoms with Gasteiger partial charge < -0.3 is 15.5 Å². The molecule has 3 rings (SSSR count). The van der Waals surface area contributed by atoms with Crippen LogP contribution in [0.2, 0.25) is 5.02 Å². The summed E-state index contributed by atoms with van der Waals surface area (Å²) in [5.74, 6) is -0.0782. The summed E-state index contributed by atoms with van der Waals surface area (Å²) >= 11 is 6.31. The van der Waals surface area contributed by atoms with E-state index in [0.29, 0.717) is 16.6 Å². The maximum absolute atomic E-state index is 12.1. The van der Waals surface area contributed by atoms with E-state index in [4.69, 9.17) is 11.6 Å². The second kappa shape index (κ2) is 8.21. The Morgan fingerprint density at radius 1 is 1.32 bits per heavy atom. The van der Waals surface area contributed by atoms with Gasteiger partial charge in [0.2, 0.25) is 0 Å². The monoisotopic (exact) mass is 362 g/mol. The van der Waals surface area contributed by atoms with Crippen LogP contribution in [0.15, 0.2) is 30.0 Å². The number of benzene rings is 1. The highest BCUT2D eigenvalue weighted by atomic mass is 35.5. The van der Waals surface area contributed by atoms with Gasteiger partial charge in [-0.3, -0.25) is 9.69 Å². The van der Waals surface area contributed by atoms with Crippen molar-refractivity contribution in [2.24, 2.45) is 0 Å². The molecule has 1 aromatic rings. The summed E-state index contributed by atoms with van der Waals surface area (Å²) < 4.78 is 0. The van der Waals surface area contributed by atoms with Crippen LogP contribution in [0.25, 0.3) is 0 Å². The number of nitrogens with zero attached hydrogens (tertiary/aromatic N) is 2. The lowest BCUT2D eigenvalue weighted by Crippen LogP contribution is -2.45. The van der Waals surface area contributed by atoms with Crippen molar-refractivity contribution in [3.63, 3.8) is 0 Å². The fourth-order valence-corrected chi connectivity index (χ4v) is 3.80. The molecule has 2 heterocycles. The lowest BCUT2D eigenvalue weighted by Gasteiger charge is -2.37. The van der Waals surface area contributed by atoms with Gasteiger partial charge in [0.25, 0.3) is 5.91 Å². The predicted molar refractivity (Wildman–Crippen MR) is 103 cm³/mol. The number of carbonyl (C=O) groups excluding carboxylic acids is 1. The van der Waals surface area contributed by atoms with E-state index in [1.54, 1.807) is 20.2 Å². The summed E-state index contributed by atoms with van der Waals surface area (Å²) in [6.07, 6.45) is 5.78. The molecule has 1 saturated heterocycles. The van der Waals surface area contributed by atoms with Crippen molar-refractivity contribution in [3.8, 4) is 0 Å². The van der Waals surface area contributed by atoms with Gasteiger partial charge in [0.05, 0.1) is 10.6 Å². The summed E-state index contributed by atoms with van der Waals surface area (Å²) in [4.78, 5) is 16.2. The second-order valence-electron chi connectivity index (χ2n) is 6.99. The minimum atomic E-state index is -0.0782. The van der Waals surface area contributed by atoms with E-state index in [1.807, 2.05) is 12.1 Å². The number of carbonyl (C=O) groups is 1. The van der Waals surface area contributed by atoms with Crippen LogP contribution in [0.5, 0.6) is 0 Å². The van der Waals surface area contributed by atoms with Crippen LogP contribution in [0, 0.1) is 0 Å². The van der Waals surface area contributed by atoms with Crippen LogP contribution in [0.3, 0.4) is 0 Å². The van der Waals surface area contributed by atoms with Crippen molar-refractivity contribution in [2.75, 3.05) is 45.6 Å².